The first-order valence-electron chi connectivity index (χ1n) is 3.23. The molecule has 1 rings (SSSR count). The Kier molecular flexibility index (Phi) is 3.09. The van der Waals surface area contributed by atoms with Gasteiger partial charge in [-0.05, 0) is 38.4 Å². The van der Waals surface area contributed by atoms with Crippen LogP contribution in [0.5, 0.6) is 0 Å². The third kappa shape index (κ3) is 1.83. The average molecular weight is 283 g/mol. The summed E-state index contributed by atoms with van der Waals surface area (Å²) >= 11 is 6.67. The monoisotopic (exact) mass is 281 g/mol. The summed E-state index contributed by atoms with van der Waals surface area (Å²) in [6, 6.07) is 0. The Morgan fingerprint density at radius 3 is 2.55 bits per heavy atom. The minimum Gasteiger partial charge on any atom is -0.330 e. The van der Waals surface area contributed by atoms with Gasteiger partial charge >= 0.3 is 0 Å². The molecule has 0 aliphatic carbocycles. The number of aromatic nitrogens is 2. The Labute approximate surface area is 82.2 Å². The molecule has 0 saturated carbocycles. The molecular formula is C6H9Br2N3. The molecule has 0 aliphatic heterocycles. The molecule has 0 unspecified atom stereocenters. The fraction of sp³-hybridized carbons (Fsp3) is 0.500. The average Bonchev–Trinajstić information content (AvgIpc) is 2.17. The summed E-state index contributed by atoms with van der Waals surface area (Å²) in [4.78, 5) is 4.17. The molecular weight excluding hydrogens is 274 g/mol. The summed E-state index contributed by atoms with van der Waals surface area (Å²) in [5.41, 5.74) is 6.55. The van der Waals surface area contributed by atoms with Crippen LogP contribution in [0.2, 0.25) is 0 Å². The number of nitrogens with zero attached hydrogens (tertiary/aromatic N) is 2. The summed E-state index contributed by atoms with van der Waals surface area (Å²) < 4.78 is 3.67. The third-order valence-electron chi connectivity index (χ3n) is 1.49. The molecule has 0 spiro atoms. The molecule has 3 nitrogen and oxygen atoms in total. The van der Waals surface area contributed by atoms with Gasteiger partial charge in [0.25, 0.3) is 0 Å². The van der Waals surface area contributed by atoms with Crippen LogP contribution in [0.4, 0.5) is 0 Å². The smallest absolute Gasteiger partial charge is 0.178 e. The normalized spacial score (nSPS) is 10.5. The van der Waals surface area contributed by atoms with E-state index in [4.69, 9.17) is 5.73 Å². The van der Waals surface area contributed by atoms with E-state index in [0.717, 1.165) is 21.5 Å². The maximum absolute atomic E-state index is 5.43. The van der Waals surface area contributed by atoms with Crippen LogP contribution < -0.4 is 5.73 Å². The highest BCUT2D eigenvalue weighted by molar-refractivity contribution is 9.11. The van der Waals surface area contributed by atoms with Crippen molar-refractivity contribution in [2.24, 2.45) is 12.8 Å². The number of hydrogen-bond donors (Lipinski definition) is 1. The van der Waals surface area contributed by atoms with E-state index < -0.39 is 0 Å². The van der Waals surface area contributed by atoms with E-state index in [-0.39, 0.29) is 0 Å². The molecule has 0 fully saturated rings. The number of imidazole rings is 1. The van der Waals surface area contributed by atoms with Crippen LogP contribution in [-0.2, 0) is 13.5 Å². The van der Waals surface area contributed by atoms with Crippen molar-refractivity contribution in [1.82, 2.24) is 9.55 Å². The van der Waals surface area contributed by atoms with Crippen molar-refractivity contribution in [1.29, 1.82) is 0 Å². The van der Waals surface area contributed by atoms with E-state index in [1.807, 2.05) is 11.6 Å². The highest BCUT2D eigenvalue weighted by Gasteiger charge is 2.08. The molecule has 1 heterocycles. The van der Waals surface area contributed by atoms with Crippen LogP contribution in [0.1, 0.15) is 5.69 Å². The fourth-order valence-electron chi connectivity index (χ4n) is 0.878. The molecule has 0 aliphatic rings. The minimum absolute atomic E-state index is 0.643. The molecule has 1 aromatic heterocycles. The number of halogens is 2. The highest BCUT2D eigenvalue weighted by atomic mass is 79.9. The van der Waals surface area contributed by atoms with Crippen molar-refractivity contribution < 1.29 is 0 Å². The van der Waals surface area contributed by atoms with Gasteiger partial charge in [0.1, 0.15) is 4.60 Å². The van der Waals surface area contributed by atoms with Gasteiger partial charge in [0.05, 0.1) is 5.69 Å². The van der Waals surface area contributed by atoms with E-state index in [9.17, 15) is 0 Å². The van der Waals surface area contributed by atoms with Crippen molar-refractivity contribution >= 4 is 31.9 Å². The highest BCUT2D eigenvalue weighted by Crippen LogP contribution is 2.20. The van der Waals surface area contributed by atoms with Crippen molar-refractivity contribution in [3.8, 4) is 0 Å². The number of nitrogens with two attached hydrogens (primary N) is 1. The van der Waals surface area contributed by atoms with Crippen molar-refractivity contribution in [3.05, 3.63) is 15.0 Å². The summed E-state index contributed by atoms with van der Waals surface area (Å²) in [6.45, 7) is 0.643. The van der Waals surface area contributed by atoms with E-state index in [1.165, 1.54) is 0 Å². The summed E-state index contributed by atoms with van der Waals surface area (Å²) in [6.07, 6.45) is 0.843. The molecule has 0 saturated heterocycles. The zero-order chi connectivity index (χ0) is 8.43. The molecule has 1 aromatic rings. The van der Waals surface area contributed by atoms with Crippen LogP contribution in [0.25, 0.3) is 0 Å². The summed E-state index contributed by atoms with van der Waals surface area (Å²) in [7, 11) is 1.95. The van der Waals surface area contributed by atoms with E-state index >= 15 is 0 Å². The van der Waals surface area contributed by atoms with E-state index in [0.29, 0.717) is 6.54 Å². The van der Waals surface area contributed by atoms with Gasteiger partial charge < -0.3 is 10.3 Å². The molecule has 0 atom stereocenters. The second-order valence-corrected chi connectivity index (χ2v) is 3.68. The first kappa shape index (κ1) is 9.22. The SMILES string of the molecule is Cn1c(Br)nc(Br)c1CCN. The molecule has 0 aromatic carbocycles. The first-order chi connectivity index (χ1) is 5.16. The summed E-state index contributed by atoms with van der Waals surface area (Å²) in [5.74, 6) is 0. The number of rotatable bonds is 2. The summed E-state index contributed by atoms with van der Waals surface area (Å²) in [5, 5.41) is 0. The molecule has 0 amide bonds. The van der Waals surface area contributed by atoms with Gasteiger partial charge in [0, 0.05) is 13.5 Å². The van der Waals surface area contributed by atoms with Crippen LogP contribution >= 0.6 is 31.9 Å². The van der Waals surface area contributed by atoms with Gasteiger partial charge in [-0.25, -0.2) is 4.98 Å². The van der Waals surface area contributed by atoms with Crippen molar-refractivity contribution in [2.75, 3.05) is 6.54 Å². The fourth-order valence-corrected chi connectivity index (χ4v) is 2.14. The Hall–Kier alpha value is 0.130. The van der Waals surface area contributed by atoms with Gasteiger partial charge in [-0.2, -0.15) is 0 Å². The van der Waals surface area contributed by atoms with Gasteiger partial charge in [-0.1, -0.05) is 0 Å². The Morgan fingerprint density at radius 2 is 2.18 bits per heavy atom. The molecule has 2 N–H and O–H groups in total. The van der Waals surface area contributed by atoms with E-state index in [2.05, 4.69) is 36.8 Å². The van der Waals surface area contributed by atoms with E-state index in [1.54, 1.807) is 0 Å². The quantitative estimate of drug-likeness (QED) is 0.892. The maximum atomic E-state index is 5.43. The lowest BCUT2D eigenvalue weighted by atomic mass is 10.3. The Bertz CT molecular complexity index is 257. The van der Waals surface area contributed by atoms with Crippen LogP contribution in [0.3, 0.4) is 0 Å². The zero-order valence-corrected chi connectivity index (χ0v) is 9.31. The van der Waals surface area contributed by atoms with Crippen molar-refractivity contribution in [3.63, 3.8) is 0 Å². The maximum Gasteiger partial charge on any atom is 0.178 e. The molecule has 5 heteroatoms. The predicted octanol–water partition coefficient (Wildman–Crippen LogP) is 1.45. The van der Waals surface area contributed by atoms with Gasteiger partial charge in [0.2, 0.25) is 0 Å². The topological polar surface area (TPSA) is 43.8 Å². The lowest BCUT2D eigenvalue weighted by molar-refractivity contribution is 0.785. The van der Waals surface area contributed by atoms with Gasteiger partial charge in [0.15, 0.2) is 4.73 Å². The van der Waals surface area contributed by atoms with Crippen LogP contribution in [-0.4, -0.2) is 16.1 Å². The second kappa shape index (κ2) is 3.69. The van der Waals surface area contributed by atoms with Gasteiger partial charge in [-0.3, -0.25) is 0 Å². The zero-order valence-electron chi connectivity index (χ0n) is 6.14. The predicted molar refractivity (Wildman–Crippen MR) is 51.4 cm³/mol. The van der Waals surface area contributed by atoms with Crippen molar-refractivity contribution in [2.45, 2.75) is 6.42 Å². The largest absolute Gasteiger partial charge is 0.330 e. The lowest BCUT2D eigenvalue weighted by Crippen LogP contribution is -2.07. The molecule has 0 bridgehead atoms. The number of hydrogen-bond acceptors (Lipinski definition) is 2. The second-order valence-electron chi connectivity index (χ2n) is 2.22. The minimum atomic E-state index is 0.643. The molecule has 0 radical (unpaired) electrons. The Morgan fingerprint density at radius 1 is 1.55 bits per heavy atom. The molecule has 11 heavy (non-hydrogen) atoms. The molecule has 62 valence electrons. The standard InChI is InChI=1S/C6H9Br2N3/c1-11-4(2-3-9)5(7)10-6(11)8/h2-3,9H2,1H3. The first-order valence-corrected chi connectivity index (χ1v) is 4.82. The third-order valence-corrected chi connectivity index (χ3v) is 2.84. The van der Waals surface area contributed by atoms with Crippen LogP contribution in [0.15, 0.2) is 9.34 Å². The van der Waals surface area contributed by atoms with Crippen LogP contribution in [0, 0.1) is 0 Å². The Balaban J connectivity index is 3.02. The lowest BCUT2D eigenvalue weighted by Gasteiger charge is -2.00. The van der Waals surface area contributed by atoms with Gasteiger partial charge in [-0.15, -0.1) is 0 Å².